The van der Waals surface area contributed by atoms with E-state index >= 15 is 0 Å². The topological polar surface area (TPSA) is 80.0 Å². The van der Waals surface area contributed by atoms with Gasteiger partial charge in [-0.3, -0.25) is 4.79 Å². The van der Waals surface area contributed by atoms with E-state index < -0.39 is 0 Å². The minimum atomic E-state index is -0.143. The zero-order chi connectivity index (χ0) is 11.3. The van der Waals surface area contributed by atoms with Crippen LogP contribution in [0.15, 0.2) is 22.2 Å². The Morgan fingerprint density at radius 1 is 1.67 bits per heavy atom. The predicted molar refractivity (Wildman–Crippen MR) is 56.0 cm³/mol. The van der Waals surface area contributed by atoms with Gasteiger partial charge < -0.3 is 9.30 Å². The first kappa shape index (κ1) is 11.1. The van der Waals surface area contributed by atoms with Gasteiger partial charge in [-0.1, -0.05) is 5.11 Å². The number of hydrogen-bond donors (Lipinski definition) is 0. The molecule has 0 saturated heterocycles. The molecule has 0 aromatic carbocycles. The molecule has 1 heterocycles. The third-order valence-electron chi connectivity index (χ3n) is 2.03. The summed E-state index contributed by atoms with van der Waals surface area (Å²) in [5.74, 6) is 0.293. The highest BCUT2D eigenvalue weighted by Gasteiger charge is 2.02. The standard InChI is InChI=1S/C9H12N4O2/c1-7-5-8(14)9(15-2)6-13(7)4-3-11-12-10/h5-6H,3-4H2,1-2H3. The fourth-order valence-electron chi connectivity index (χ4n) is 1.24. The van der Waals surface area contributed by atoms with Crippen LogP contribution >= 0.6 is 0 Å². The molecule has 0 unspecified atom stereocenters. The lowest BCUT2D eigenvalue weighted by atomic mass is 10.3. The number of nitrogens with zero attached hydrogens (tertiary/aromatic N) is 4. The number of pyridine rings is 1. The summed E-state index contributed by atoms with van der Waals surface area (Å²) in [4.78, 5) is 14.0. The average Bonchev–Trinajstić information content (AvgIpc) is 2.21. The smallest absolute Gasteiger partial charge is 0.223 e. The van der Waals surface area contributed by atoms with Crippen LogP contribution in [0.3, 0.4) is 0 Å². The molecule has 0 atom stereocenters. The minimum absolute atomic E-state index is 0.143. The molecule has 0 bridgehead atoms. The molecule has 0 N–H and O–H groups in total. The Hall–Kier alpha value is -1.94. The summed E-state index contributed by atoms with van der Waals surface area (Å²) in [6.45, 7) is 2.70. The summed E-state index contributed by atoms with van der Waals surface area (Å²) >= 11 is 0. The van der Waals surface area contributed by atoms with Gasteiger partial charge in [0.15, 0.2) is 5.75 Å². The van der Waals surface area contributed by atoms with E-state index in [1.54, 1.807) is 6.20 Å². The molecule has 6 heteroatoms. The van der Waals surface area contributed by atoms with Gasteiger partial charge in [-0.2, -0.15) is 0 Å². The normalized spacial score (nSPS) is 9.47. The Morgan fingerprint density at radius 2 is 2.40 bits per heavy atom. The van der Waals surface area contributed by atoms with Crippen molar-refractivity contribution in [3.63, 3.8) is 0 Å². The molecule has 0 aliphatic rings. The number of ether oxygens (including phenoxy) is 1. The van der Waals surface area contributed by atoms with Crippen LogP contribution in [0.5, 0.6) is 5.75 Å². The maximum Gasteiger partial charge on any atom is 0.223 e. The highest BCUT2D eigenvalue weighted by atomic mass is 16.5. The number of azide groups is 1. The Kier molecular flexibility index (Phi) is 3.76. The van der Waals surface area contributed by atoms with Gasteiger partial charge in [0.05, 0.1) is 13.3 Å². The van der Waals surface area contributed by atoms with Crippen LogP contribution in [0.4, 0.5) is 0 Å². The van der Waals surface area contributed by atoms with E-state index in [0.29, 0.717) is 18.8 Å². The molecule has 1 aromatic rings. The summed E-state index contributed by atoms with van der Waals surface area (Å²) < 4.78 is 6.72. The van der Waals surface area contributed by atoms with Crippen molar-refractivity contribution in [3.05, 3.63) is 38.6 Å². The number of hydrogen-bond acceptors (Lipinski definition) is 3. The number of aromatic nitrogens is 1. The Morgan fingerprint density at radius 3 is 3.00 bits per heavy atom. The quantitative estimate of drug-likeness (QED) is 0.426. The SMILES string of the molecule is COc1cn(CCN=[N+]=[N-])c(C)cc1=O. The van der Waals surface area contributed by atoms with Crippen LogP contribution in [0, 0.1) is 6.92 Å². The molecule has 0 saturated carbocycles. The lowest BCUT2D eigenvalue weighted by Crippen LogP contribution is -2.13. The van der Waals surface area contributed by atoms with Gasteiger partial charge in [0.2, 0.25) is 5.43 Å². The second-order valence-corrected chi connectivity index (χ2v) is 3.00. The molecular weight excluding hydrogens is 196 g/mol. The first-order valence-electron chi connectivity index (χ1n) is 4.45. The second-order valence-electron chi connectivity index (χ2n) is 3.00. The molecule has 1 aromatic heterocycles. The van der Waals surface area contributed by atoms with Crippen molar-refractivity contribution in [2.24, 2.45) is 5.11 Å². The van der Waals surface area contributed by atoms with Crippen LogP contribution in [-0.2, 0) is 6.54 Å². The molecule has 0 spiro atoms. The van der Waals surface area contributed by atoms with Crippen molar-refractivity contribution in [3.8, 4) is 5.75 Å². The number of methoxy groups -OCH3 is 1. The molecule has 0 radical (unpaired) electrons. The molecule has 0 fully saturated rings. The van der Waals surface area contributed by atoms with E-state index in [-0.39, 0.29) is 5.43 Å². The number of rotatable bonds is 4. The number of aryl methyl sites for hydroxylation is 1. The summed E-state index contributed by atoms with van der Waals surface area (Å²) in [6.07, 6.45) is 1.62. The van der Waals surface area contributed by atoms with Crippen LogP contribution < -0.4 is 10.2 Å². The lowest BCUT2D eigenvalue weighted by Gasteiger charge is -2.10. The lowest BCUT2D eigenvalue weighted by molar-refractivity contribution is 0.404. The van der Waals surface area contributed by atoms with Gasteiger partial charge in [0.1, 0.15) is 0 Å². The maximum atomic E-state index is 11.3. The van der Waals surface area contributed by atoms with E-state index in [2.05, 4.69) is 10.0 Å². The molecule has 0 aliphatic carbocycles. The van der Waals surface area contributed by atoms with Gasteiger partial charge in [0, 0.05) is 29.8 Å². The van der Waals surface area contributed by atoms with E-state index in [4.69, 9.17) is 10.3 Å². The maximum absolute atomic E-state index is 11.3. The summed E-state index contributed by atoms with van der Waals surface area (Å²) in [6, 6.07) is 1.49. The van der Waals surface area contributed by atoms with E-state index in [0.717, 1.165) is 5.69 Å². The monoisotopic (exact) mass is 208 g/mol. The second kappa shape index (κ2) is 5.07. The Bertz CT molecular complexity index is 446. The molecule has 15 heavy (non-hydrogen) atoms. The van der Waals surface area contributed by atoms with Crippen LogP contribution in [-0.4, -0.2) is 18.2 Å². The fraction of sp³-hybridized carbons (Fsp3) is 0.444. The molecule has 80 valence electrons. The van der Waals surface area contributed by atoms with Gasteiger partial charge in [0.25, 0.3) is 0 Å². The van der Waals surface area contributed by atoms with E-state index in [1.165, 1.54) is 13.2 Å². The van der Waals surface area contributed by atoms with Crippen molar-refractivity contribution < 1.29 is 4.74 Å². The van der Waals surface area contributed by atoms with Gasteiger partial charge in [-0.05, 0) is 12.5 Å². The first-order chi connectivity index (χ1) is 7.19. The fourth-order valence-corrected chi connectivity index (χ4v) is 1.24. The molecule has 6 nitrogen and oxygen atoms in total. The summed E-state index contributed by atoms with van der Waals surface area (Å²) in [5, 5.41) is 3.43. The van der Waals surface area contributed by atoms with Crippen molar-refractivity contribution in [1.82, 2.24) is 4.57 Å². The van der Waals surface area contributed by atoms with E-state index in [9.17, 15) is 4.79 Å². The Balaban J connectivity index is 2.96. The van der Waals surface area contributed by atoms with Gasteiger partial charge >= 0.3 is 0 Å². The predicted octanol–water partition coefficient (Wildman–Crippen LogP) is 1.48. The highest BCUT2D eigenvalue weighted by Crippen LogP contribution is 2.05. The Labute approximate surface area is 86.7 Å². The van der Waals surface area contributed by atoms with Crippen molar-refractivity contribution in [2.75, 3.05) is 13.7 Å². The molecule has 0 amide bonds. The summed E-state index contributed by atoms with van der Waals surface area (Å²) in [7, 11) is 1.45. The largest absolute Gasteiger partial charge is 0.491 e. The molecule has 1 rings (SSSR count). The molecule has 0 aliphatic heterocycles. The highest BCUT2D eigenvalue weighted by molar-refractivity contribution is 5.21. The zero-order valence-corrected chi connectivity index (χ0v) is 8.67. The summed E-state index contributed by atoms with van der Waals surface area (Å²) in [5.41, 5.74) is 8.80. The van der Waals surface area contributed by atoms with Gasteiger partial charge in [-0.15, -0.1) is 0 Å². The van der Waals surface area contributed by atoms with Crippen molar-refractivity contribution in [2.45, 2.75) is 13.5 Å². The third-order valence-corrected chi connectivity index (χ3v) is 2.03. The van der Waals surface area contributed by atoms with Crippen LogP contribution in [0.1, 0.15) is 5.69 Å². The third kappa shape index (κ3) is 2.75. The van der Waals surface area contributed by atoms with Crippen molar-refractivity contribution >= 4 is 0 Å². The average molecular weight is 208 g/mol. The van der Waals surface area contributed by atoms with Gasteiger partial charge in [-0.25, -0.2) is 0 Å². The minimum Gasteiger partial charge on any atom is -0.491 e. The van der Waals surface area contributed by atoms with Crippen LogP contribution in [0.2, 0.25) is 0 Å². The first-order valence-corrected chi connectivity index (χ1v) is 4.45. The molecular formula is C9H12N4O2. The van der Waals surface area contributed by atoms with E-state index in [1.807, 2.05) is 11.5 Å². The van der Waals surface area contributed by atoms with Crippen molar-refractivity contribution in [1.29, 1.82) is 0 Å². The zero-order valence-electron chi connectivity index (χ0n) is 8.67. The van der Waals surface area contributed by atoms with Crippen LogP contribution in [0.25, 0.3) is 10.4 Å².